The molecule has 19 heteroatoms. The molecule has 19 nitrogen and oxygen atoms in total. The van der Waals surface area contributed by atoms with Crippen molar-refractivity contribution in [1.29, 1.82) is 0 Å². The van der Waals surface area contributed by atoms with Gasteiger partial charge < -0.3 is 52.7 Å². The Kier molecular flexibility index (Phi) is 16.5. The molecule has 1 N–H and O–H groups in total. The van der Waals surface area contributed by atoms with Crippen LogP contribution in [-0.4, -0.2) is 134 Å². The molecule has 2 saturated heterocycles. The Balaban J connectivity index is 1.50. The second-order valence-electron chi connectivity index (χ2n) is 15.4. The van der Waals surface area contributed by atoms with Crippen molar-refractivity contribution >= 4 is 41.6 Å². The molecule has 3 aromatic carbocycles. The zero-order valence-electron chi connectivity index (χ0n) is 36.6. The summed E-state index contributed by atoms with van der Waals surface area (Å²) in [5, 5.41) is 2.82. The maximum atomic E-state index is 14.4. The molecule has 6 rings (SSSR count). The molecule has 3 aliphatic rings. The summed E-state index contributed by atoms with van der Waals surface area (Å²) < 4.78 is 60.9. The maximum absolute atomic E-state index is 14.4. The minimum atomic E-state index is -1.85. The molecule has 0 radical (unpaired) electrons. The van der Waals surface area contributed by atoms with Gasteiger partial charge in [-0.2, -0.15) is 0 Å². The molecule has 65 heavy (non-hydrogen) atoms. The molecule has 11 atom stereocenters. The molecule has 3 aliphatic heterocycles. The molecule has 1 unspecified atom stereocenters. The van der Waals surface area contributed by atoms with Gasteiger partial charge in [-0.1, -0.05) is 72.8 Å². The number of benzene rings is 3. The third kappa shape index (κ3) is 12.0. The normalized spacial score (nSPS) is 26.6. The summed E-state index contributed by atoms with van der Waals surface area (Å²) in [6, 6.07) is 21.3. The largest absolute Gasteiger partial charge is 0.467 e. The first-order valence-corrected chi connectivity index (χ1v) is 20.9. The van der Waals surface area contributed by atoms with Gasteiger partial charge in [0.25, 0.3) is 11.8 Å². The van der Waals surface area contributed by atoms with Crippen LogP contribution in [-0.2, 0) is 84.6 Å². The molecular formula is C46H52N2O17. The lowest BCUT2D eigenvalue weighted by Crippen LogP contribution is -2.71. The first-order valence-electron chi connectivity index (χ1n) is 20.9. The van der Waals surface area contributed by atoms with Crippen molar-refractivity contribution in [2.24, 2.45) is 0 Å². The number of carbonyl (C=O) groups excluding carboxylic acids is 7. The minimum absolute atomic E-state index is 0.00301. The van der Waals surface area contributed by atoms with Gasteiger partial charge in [0.2, 0.25) is 5.91 Å². The van der Waals surface area contributed by atoms with E-state index in [-0.39, 0.29) is 30.9 Å². The zero-order chi connectivity index (χ0) is 46.8. The predicted molar refractivity (Wildman–Crippen MR) is 222 cm³/mol. The van der Waals surface area contributed by atoms with Crippen LogP contribution in [0, 0.1) is 0 Å². The van der Waals surface area contributed by atoms with E-state index in [1.165, 1.54) is 26.0 Å². The quantitative estimate of drug-likeness (QED) is 0.110. The monoisotopic (exact) mass is 904 g/mol. The molecule has 3 amide bonds. The lowest BCUT2D eigenvalue weighted by Gasteiger charge is -2.51. The molecule has 3 aromatic rings. The Hall–Kier alpha value is -6.09. The van der Waals surface area contributed by atoms with Gasteiger partial charge in [0.1, 0.15) is 43.1 Å². The van der Waals surface area contributed by atoms with Crippen molar-refractivity contribution in [3.8, 4) is 0 Å². The van der Waals surface area contributed by atoms with Crippen molar-refractivity contribution in [3.05, 3.63) is 107 Å². The number of methoxy groups -OCH3 is 1. The first kappa shape index (κ1) is 48.4. The SMILES string of the molecule is COC(=O)C(C)O[C@@H]1[C@@H](NC(C)=O)[C@@H](OCc2ccccc2)O[C@H](COCc2ccccc2)[C@H]1O[C@H]1O[C@@H](COC(C)=O)[C@H](OC(C)=O)[C@@H](OC(C)=O)[C@@H]1N1C(=O)c2ccccc2C1=O. The second kappa shape index (κ2) is 22.2. The van der Waals surface area contributed by atoms with E-state index in [2.05, 4.69) is 5.32 Å². The van der Waals surface area contributed by atoms with Crippen LogP contribution in [0.1, 0.15) is 66.5 Å². The van der Waals surface area contributed by atoms with Crippen molar-refractivity contribution < 1.29 is 80.9 Å². The van der Waals surface area contributed by atoms with E-state index in [1.807, 2.05) is 60.7 Å². The molecule has 0 spiro atoms. The summed E-state index contributed by atoms with van der Waals surface area (Å²) >= 11 is 0. The summed E-state index contributed by atoms with van der Waals surface area (Å²) in [7, 11) is 1.16. The Morgan fingerprint density at radius 1 is 0.662 bits per heavy atom. The summed E-state index contributed by atoms with van der Waals surface area (Å²) in [5.74, 6) is -5.54. The van der Waals surface area contributed by atoms with Crippen LogP contribution in [0.4, 0.5) is 0 Å². The van der Waals surface area contributed by atoms with Gasteiger partial charge in [-0.05, 0) is 30.2 Å². The van der Waals surface area contributed by atoms with Crippen LogP contribution in [0.5, 0.6) is 0 Å². The smallest absolute Gasteiger partial charge is 0.334 e. The summed E-state index contributed by atoms with van der Waals surface area (Å²) in [6.45, 7) is 5.18. The molecule has 2 fully saturated rings. The summed E-state index contributed by atoms with van der Waals surface area (Å²) in [5.41, 5.74) is 1.57. The third-order valence-electron chi connectivity index (χ3n) is 10.6. The van der Waals surface area contributed by atoms with E-state index in [4.69, 9.17) is 47.4 Å². The van der Waals surface area contributed by atoms with Crippen molar-refractivity contribution in [1.82, 2.24) is 10.2 Å². The van der Waals surface area contributed by atoms with E-state index in [9.17, 15) is 33.6 Å². The van der Waals surface area contributed by atoms with Gasteiger partial charge in [-0.15, -0.1) is 0 Å². The number of ether oxygens (including phenoxy) is 10. The standard InChI is InChI=1S/C46H52N2O17/c1-25(44(55)56-6)60-40-36(47-26(2)49)45(59-22-31-17-11-8-12-18-31)63-34(23-57-21-30-15-9-7-10-16-30)38(40)65-46-37(48-42(53)32-19-13-14-20-33(32)43(48)54)41(62-29(5)52)39(61-28(4)51)35(64-46)24-58-27(3)50/h7-20,25,34-41,45-46H,21-24H2,1-6H3,(H,47,49)/t25?,34-,35+,36-,37+,38-,39+,40-,41+,45+,46-/m1/s1. The average molecular weight is 905 g/mol. The van der Waals surface area contributed by atoms with E-state index in [1.54, 1.807) is 12.1 Å². The van der Waals surface area contributed by atoms with E-state index >= 15 is 0 Å². The number of rotatable bonds is 18. The number of fused-ring (bicyclic) bond motifs is 1. The Bertz CT molecular complexity index is 2140. The number of carbonyl (C=O) groups is 7. The molecule has 0 saturated carbocycles. The van der Waals surface area contributed by atoms with E-state index < -0.39 is 116 Å². The number of hydrogen-bond donors (Lipinski definition) is 1. The van der Waals surface area contributed by atoms with Gasteiger partial charge in [-0.25, -0.2) is 4.79 Å². The fourth-order valence-corrected chi connectivity index (χ4v) is 7.87. The molecule has 348 valence electrons. The first-order chi connectivity index (χ1) is 31.2. The topological polar surface area (TPSA) is 227 Å². The van der Waals surface area contributed by atoms with Gasteiger partial charge in [-0.3, -0.25) is 33.7 Å². The van der Waals surface area contributed by atoms with Crippen LogP contribution < -0.4 is 5.32 Å². The highest BCUT2D eigenvalue weighted by molar-refractivity contribution is 6.21. The number of nitrogens with one attached hydrogen (secondary N) is 1. The second-order valence-corrected chi connectivity index (χ2v) is 15.4. The van der Waals surface area contributed by atoms with Gasteiger partial charge in [0.15, 0.2) is 30.9 Å². The van der Waals surface area contributed by atoms with Crippen LogP contribution in [0.2, 0.25) is 0 Å². The minimum Gasteiger partial charge on any atom is -0.467 e. The number of imide groups is 1. The van der Waals surface area contributed by atoms with Gasteiger partial charge in [0.05, 0.1) is 38.1 Å². The molecule has 0 bridgehead atoms. The Morgan fingerprint density at radius 2 is 1.20 bits per heavy atom. The van der Waals surface area contributed by atoms with Gasteiger partial charge in [0, 0.05) is 27.7 Å². The highest BCUT2D eigenvalue weighted by Crippen LogP contribution is 2.38. The van der Waals surface area contributed by atoms with Crippen LogP contribution in [0.3, 0.4) is 0 Å². The Morgan fingerprint density at radius 3 is 1.75 bits per heavy atom. The molecule has 0 aliphatic carbocycles. The van der Waals surface area contributed by atoms with Crippen LogP contribution in [0.25, 0.3) is 0 Å². The van der Waals surface area contributed by atoms with Crippen LogP contribution in [0.15, 0.2) is 84.9 Å². The van der Waals surface area contributed by atoms with E-state index in [0.29, 0.717) is 0 Å². The van der Waals surface area contributed by atoms with Crippen molar-refractivity contribution in [2.45, 2.75) is 115 Å². The fraction of sp³-hybridized carbons (Fsp3) is 0.457. The number of nitrogens with zero attached hydrogens (tertiary/aromatic N) is 1. The number of esters is 4. The maximum Gasteiger partial charge on any atom is 0.334 e. The van der Waals surface area contributed by atoms with Crippen molar-refractivity contribution in [3.63, 3.8) is 0 Å². The van der Waals surface area contributed by atoms with Crippen LogP contribution >= 0.6 is 0 Å². The fourth-order valence-electron chi connectivity index (χ4n) is 7.87. The lowest BCUT2D eigenvalue weighted by molar-refractivity contribution is -0.345. The van der Waals surface area contributed by atoms with Crippen molar-refractivity contribution in [2.75, 3.05) is 20.3 Å². The summed E-state index contributed by atoms with van der Waals surface area (Å²) in [4.78, 5) is 93.5. The van der Waals surface area contributed by atoms with Gasteiger partial charge >= 0.3 is 23.9 Å². The van der Waals surface area contributed by atoms with E-state index in [0.717, 1.165) is 43.9 Å². The third-order valence-corrected chi connectivity index (χ3v) is 10.6. The Labute approximate surface area is 374 Å². The molecular weight excluding hydrogens is 853 g/mol. The predicted octanol–water partition coefficient (Wildman–Crippen LogP) is 2.80. The zero-order valence-corrected chi connectivity index (χ0v) is 36.6. The molecule has 0 aromatic heterocycles. The number of amides is 3. The average Bonchev–Trinajstić information content (AvgIpc) is 3.52. The lowest BCUT2D eigenvalue weighted by atomic mass is 9.93. The highest BCUT2D eigenvalue weighted by atomic mass is 16.7. The highest BCUT2D eigenvalue weighted by Gasteiger charge is 2.60. The molecule has 3 heterocycles. The number of hydrogen-bond acceptors (Lipinski definition) is 17. The summed E-state index contributed by atoms with van der Waals surface area (Å²) in [6.07, 6.45) is -13.3.